The van der Waals surface area contributed by atoms with Gasteiger partial charge in [0.15, 0.2) is 5.58 Å². The van der Waals surface area contributed by atoms with Crippen LogP contribution in [0.3, 0.4) is 0 Å². The Bertz CT molecular complexity index is 3000. The van der Waals surface area contributed by atoms with Gasteiger partial charge in [-0.1, -0.05) is 84.9 Å². The maximum Gasteiger partial charge on any atom is 0.227 e. The molecule has 5 heteroatoms. The molecule has 0 radical (unpaired) electrons. The highest BCUT2D eigenvalue weighted by atomic mass is 32.1. The zero-order valence-corrected chi connectivity index (χ0v) is 27.4. The molecule has 3 aromatic heterocycles. The van der Waals surface area contributed by atoms with Crippen molar-refractivity contribution in [2.45, 2.75) is 0 Å². The molecular weight excluding hydrogens is 633 g/mol. The van der Waals surface area contributed by atoms with Gasteiger partial charge in [-0.25, -0.2) is 4.98 Å². The van der Waals surface area contributed by atoms with E-state index in [-0.39, 0.29) is 0 Å². The summed E-state index contributed by atoms with van der Waals surface area (Å²) in [5.41, 5.74) is 7.60. The van der Waals surface area contributed by atoms with E-state index in [4.69, 9.17) is 13.8 Å². The average Bonchev–Trinajstić information content (AvgIpc) is 3.88. The van der Waals surface area contributed by atoms with E-state index in [1.807, 2.05) is 53.8 Å². The molecule has 0 saturated heterocycles. The zero-order valence-electron chi connectivity index (χ0n) is 26.6. The van der Waals surface area contributed by atoms with Crippen LogP contribution >= 0.6 is 11.3 Å². The molecule has 0 atom stereocenters. The van der Waals surface area contributed by atoms with Crippen molar-refractivity contribution in [2.24, 2.45) is 0 Å². The number of thiophene rings is 1. The molecule has 0 saturated carbocycles. The van der Waals surface area contributed by atoms with E-state index in [2.05, 4.69) is 120 Å². The molecular formula is C45H26N2O2S. The second-order valence-corrected chi connectivity index (χ2v) is 13.8. The summed E-state index contributed by atoms with van der Waals surface area (Å²) in [4.78, 5) is 7.30. The Labute approximate surface area is 290 Å². The number of nitrogens with zero attached hydrogens (tertiary/aromatic N) is 2. The first-order valence-electron chi connectivity index (χ1n) is 16.7. The predicted octanol–water partition coefficient (Wildman–Crippen LogP) is 13.5. The lowest BCUT2D eigenvalue weighted by Crippen LogP contribution is -2.10. The van der Waals surface area contributed by atoms with E-state index < -0.39 is 0 Å². The number of oxazole rings is 1. The smallest absolute Gasteiger partial charge is 0.227 e. The minimum absolute atomic E-state index is 0.625. The molecule has 0 bridgehead atoms. The van der Waals surface area contributed by atoms with Crippen molar-refractivity contribution >= 4 is 103 Å². The van der Waals surface area contributed by atoms with E-state index >= 15 is 0 Å². The molecule has 234 valence electrons. The van der Waals surface area contributed by atoms with Gasteiger partial charge in [0, 0.05) is 58.7 Å². The SMILES string of the molecule is c1ccc(-c2nc3ccc4cc(N(c5ccc6oc7ccccc7c6c5)c5ccc6sc7ccccc7c6c5)c5ccccc5c4c3o2)cc1. The van der Waals surface area contributed by atoms with Crippen LogP contribution in [-0.2, 0) is 0 Å². The zero-order chi connectivity index (χ0) is 32.8. The van der Waals surface area contributed by atoms with Crippen LogP contribution in [-0.4, -0.2) is 4.98 Å². The summed E-state index contributed by atoms with van der Waals surface area (Å²) in [5.74, 6) is 0.625. The maximum absolute atomic E-state index is 6.57. The fraction of sp³-hybridized carbons (Fsp3) is 0. The van der Waals surface area contributed by atoms with E-state index in [1.54, 1.807) is 0 Å². The summed E-state index contributed by atoms with van der Waals surface area (Å²) in [6.45, 7) is 0. The maximum atomic E-state index is 6.57. The number of rotatable bonds is 4. The first-order chi connectivity index (χ1) is 24.8. The van der Waals surface area contributed by atoms with Crippen molar-refractivity contribution in [1.82, 2.24) is 4.98 Å². The topological polar surface area (TPSA) is 42.4 Å². The van der Waals surface area contributed by atoms with E-state index in [9.17, 15) is 0 Å². The van der Waals surface area contributed by atoms with Gasteiger partial charge in [-0.2, -0.15) is 0 Å². The number of para-hydroxylation sites is 1. The van der Waals surface area contributed by atoms with Crippen molar-refractivity contribution in [3.63, 3.8) is 0 Å². The van der Waals surface area contributed by atoms with Gasteiger partial charge in [0.1, 0.15) is 16.7 Å². The van der Waals surface area contributed by atoms with Crippen molar-refractivity contribution in [3.8, 4) is 11.5 Å². The lowest BCUT2D eigenvalue weighted by molar-refractivity contribution is 0.623. The van der Waals surface area contributed by atoms with Crippen molar-refractivity contribution in [3.05, 3.63) is 158 Å². The van der Waals surface area contributed by atoms with Crippen LogP contribution in [0.5, 0.6) is 0 Å². The van der Waals surface area contributed by atoms with Crippen LogP contribution in [0.15, 0.2) is 167 Å². The van der Waals surface area contributed by atoms with E-state index in [1.165, 1.54) is 20.2 Å². The van der Waals surface area contributed by atoms with Gasteiger partial charge in [-0.3, -0.25) is 0 Å². The Kier molecular flexibility index (Phi) is 5.80. The molecule has 0 unspecified atom stereocenters. The highest BCUT2D eigenvalue weighted by Gasteiger charge is 2.22. The summed E-state index contributed by atoms with van der Waals surface area (Å²) in [6, 6.07) is 55.6. The number of furan rings is 1. The van der Waals surface area contributed by atoms with Crippen molar-refractivity contribution in [2.75, 3.05) is 4.90 Å². The fourth-order valence-corrected chi connectivity index (χ4v) is 8.66. The summed E-state index contributed by atoms with van der Waals surface area (Å²) in [5, 5.41) is 9.11. The molecule has 0 N–H and O–H groups in total. The van der Waals surface area contributed by atoms with Gasteiger partial charge in [0.05, 0.1) is 5.69 Å². The number of hydrogen-bond donors (Lipinski definition) is 0. The minimum Gasteiger partial charge on any atom is -0.456 e. The number of aromatic nitrogens is 1. The van der Waals surface area contributed by atoms with Crippen LogP contribution in [0, 0.1) is 0 Å². The monoisotopic (exact) mass is 658 g/mol. The van der Waals surface area contributed by atoms with Crippen LogP contribution in [0.1, 0.15) is 0 Å². The summed E-state index contributed by atoms with van der Waals surface area (Å²) >= 11 is 1.84. The highest BCUT2D eigenvalue weighted by molar-refractivity contribution is 7.25. The molecule has 3 heterocycles. The molecule has 8 aromatic carbocycles. The van der Waals surface area contributed by atoms with Crippen LogP contribution < -0.4 is 4.90 Å². The third-order valence-corrected chi connectivity index (χ3v) is 11.0. The molecule has 0 amide bonds. The summed E-state index contributed by atoms with van der Waals surface area (Å²) in [7, 11) is 0. The molecule has 0 fully saturated rings. The van der Waals surface area contributed by atoms with Crippen LogP contribution in [0.4, 0.5) is 17.1 Å². The van der Waals surface area contributed by atoms with E-state index in [0.717, 1.165) is 77.2 Å². The van der Waals surface area contributed by atoms with Gasteiger partial charge in [0.2, 0.25) is 5.89 Å². The Morgan fingerprint density at radius 1 is 0.480 bits per heavy atom. The predicted molar refractivity (Wildman–Crippen MR) is 209 cm³/mol. The Balaban J connectivity index is 1.21. The van der Waals surface area contributed by atoms with Gasteiger partial charge in [-0.15, -0.1) is 11.3 Å². The third kappa shape index (κ3) is 4.08. The lowest BCUT2D eigenvalue weighted by atomic mass is 9.98. The largest absolute Gasteiger partial charge is 0.456 e. The summed E-state index contributed by atoms with van der Waals surface area (Å²) in [6.07, 6.45) is 0. The van der Waals surface area contributed by atoms with E-state index in [0.29, 0.717) is 5.89 Å². The second-order valence-electron chi connectivity index (χ2n) is 12.7. The molecule has 11 aromatic rings. The Morgan fingerprint density at radius 2 is 1.16 bits per heavy atom. The first-order valence-corrected chi connectivity index (χ1v) is 17.5. The number of anilines is 3. The van der Waals surface area contributed by atoms with Gasteiger partial charge in [0.25, 0.3) is 0 Å². The van der Waals surface area contributed by atoms with Crippen molar-refractivity contribution in [1.29, 1.82) is 0 Å². The number of benzene rings is 8. The van der Waals surface area contributed by atoms with Gasteiger partial charge in [-0.05, 0) is 83.6 Å². The molecule has 50 heavy (non-hydrogen) atoms. The van der Waals surface area contributed by atoms with Crippen LogP contribution in [0.2, 0.25) is 0 Å². The standard InChI is InChI=1S/C45H26N2O2S/c1-2-10-27(11-3-1)45-46-37-21-18-28-24-38(31-12-4-5-15-34(31)43(28)44(37)49-45)47(29-19-22-40-35(25-29)32-13-6-8-16-39(32)48-40)30-20-23-42-36(26-30)33-14-7-9-17-41(33)50-42/h1-26H. The van der Waals surface area contributed by atoms with Gasteiger partial charge < -0.3 is 13.7 Å². The molecule has 0 aliphatic carbocycles. The Hall–Kier alpha value is -6.43. The summed E-state index contributed by atoms with van der Waals surface area (Å²) < 4.78 is 15.4. The third-order valence-electron chi connectivity index (χ3n) is 9.85. The quantitative estimate of drug-likeness (QED) is 0.177. The Morgan fingerprint density at radius 3 is 2.04 bits per heavy atom. The normalized spacial score (nSPS) is 12.0. The second kappa shape index (κ2) is 10.5. The number of fused-ring (bicyclic) bond motifs is 11. The average molecular weight is 659 g/mol. The lowest BCUT2D eigenvalue weighted by Gasteiger charge is -2.28. The number of hydrogen-bond acceptors (Lipinski definition) is 5. The van der Waals surface area contributed by atoms with Crippen LogP contribution in [0.25, 0.3) is 86.2 Å². The molecule has 0 aliphatic heterocycles. The highest BCUT2D eigenvalue weighted by Crippen LogP contribution is 2.47. The minimum atomic E-state index is 0.625. The first kappa shape index (κ1) is 27.5. The molecule has 4 nitrogen and oxygen atoms in total. The fourth-order valence-electron chi connectivity index (χ4n) is 7.58. The molecule has 0 aliphatic rings. The van der Waals surface area contributed by atoms with Crippen molar-refractivity contribution < 1.29 is 8.83 Å². The molecule has 0 spiro atoms. The molecule has 11 rings (SSSR count). The van der Waals surface area contributed by atoms with Gasteiger partial charge >= 0.3 is 0 Å².